The molecule has 1 saturated heterocycles. The lowest BCUT2D eigenvalue weighted by Crippen LogP contribution is -2.46. The van der Waals surface area contributed by atoms with Gasteiger partial charge in [-0.1, -0.05) is 12.1 Å². The Morgan fingerprint density at radius 2 is 2.35 bits per heavy atom. The fraction of sp³-hybridized carbons (Fsp3) is 0.588. The monoisotopic (exact) mass is 321 g/mol. The Morgan fingerprint density at radius 1 is 1.52 bits per heavy atom. The Morgan fingerprint density at radius 3 is 3.09 bits per heavy atom. The number of ether oxygens (including phenoxy) is 2. The van der Waals surface area contributed by atoms with Crippen LogP contribution in [0.1, 0.15) is 5.56 Å². The second kappa shape index (κ2) is 8.86. The van der Waals surface area contributed by atoms with Gasteiger partial charge in [-0.15, -0.1) is 0 Å². The molecule has 1 aliphatic rings. The first-order valence-corrected chi connectivity index (χ1v) is 7.96. The molecule has 128 valence electrons. The number of rotatable bonds is 7. The maximum atomic E-state index is 12.2. The van der Waals surface area contributed by atoms with Crippen LogP contribution in [0.5, 0.6) is 5.75 Å². The number of benzene rings is 1. The number of carbonyl (C=O) groups excluding carboxylic acids is 1. The summed E-state index contributed by atoms with van der Waals surface area (Å²) in [4.78, 5) is 16.1. The van der Waals surface area contributed by atoms with E-state index in [1.54, 1.807) is 12.0 Å². The van der Waals surface area contributed by atoms with Gasteiger partial charge in [-0.05, 0) is 24.7 Å². The number of hydrogen-bond donors (Lipinski definition) is 1. The number of methoxy groups -OCH3 is 1. The zero-order valence-electron chi connectivity index (χ0n) is 14.2. The number of nitrogens with one attached hydrogen (secondary N) is 1. The van der Waals surface area contributed by atoms with Crippen LogP contribution in [0.25, 0.3) is 0 Å². The average Bonchev–Trinajstić information content (AvgIpc) is 2.55. The highest BCUT2D eigenvalue weighted by Crippen LogP contribution is 2.13. The van der Waals surface area contributed by atoms with Gasteiger partial charge in [0.15, 0.2) is 0 Å². The van der Waals surface area contributed by atoms with E-state index >= 15 is 0 Å². The third-order valence-electron chi connectivity index (χ3n) is 3.97. The lowest BCUT2D eigenvalue weighted by Gasteiger charge is -2.30. The minimum absolute atomic E-state index is 0.0667. The smallest absolute Gasteiger partial charge is 0.236 e. The molecule has 0 unspecified atom stereocenters. The van der Waals surface area contributed by atoms with E-state index in [0.717, 1.165) is 31.0 Å². The molecule has 0 saturated carbocycles. The molecular formula is C17H27N3O3. The van der Waals surface area contributed by atoms with Crippen molar-refractivity contribution in [3.8, 4) is 5.75 Å². The van der Waals surface area contributed by atoms with Crippen molar-refractivity contribution in [2.24, 2.45) is 0 Å². The molecule has 0 spiro atoms. The molecule has 2 rings (SSSR count). The van der Waals surface area contributed by atoms with Crippen LogP contribution >= 0.6 is 0 Å². The summed E-state index contributed by atoms with van der Waals surface area (Å²) in [7, 11) is 5.54. The predicted octanol–water partition coefficient (Wildman–Crippen LogP) is 0.574. The van der Waals surface area contributed by atoms with Gasteiger partial charge in [0.05, 0.1) is 26.4 Å². The lowest BCUT2D eigenvalue weighted by molar-refractivity contribution is -0.129. The Kier molecular flexibility index (Phi) is 6.83. The van der Waals surface area contributed by atoms with Crippen molar-refractivity contribution in [2.45, 2.75) is 12.6 Å². The maximum Gasteiger partial charge on any atom is 0.236 e. The first-order valence-electron chi connectivity index (χ1n) is 7.96. The highest BCUT2D eigenvalue weighted by atomic mass is 16.5. The number of morpholine rings is 1. The van der Waals surface area contributed by atoms with Crippen molar-refractivity contribution in [3.05, 3.63) is 29.8 Å². The topological polar surface area (TPSA) is 54.0 Å². The van der Waals surface area contributed by atoms with E-state index in [0.29, 0.717) is 19.6 Å². The van der Waals surface area contributed by atoms with Gasteiger partial charge >= 0.3 is 0 Å². The van der Waals surface area contributed by atoms with E-state index in [2.05, 4.69) is 17.3 Å². The van der Waals surface area contributed by atoms with Crippen LogP contribution in [0.15, 0.2) is 24.3 Å². The molecule has 0 bridgehead atoms. The molecule has 6 nitrogen and oxygen atoms in total. The molecule has 1 aliphatic heterocycles. The second-order valence-electron chi connectivity index (χ2n) is 5.99. The van der Waals surface area contributed by atoms with E-state index in [1.807, 2.05) is 31.3 Å². The minimum Gasteiger partial charge on any atom is -0.497 e. The predicted molar refractivity (Wildman–Crippen MR) is 89.6 cm³/mol. The molecule has 1 heterocycles. The van der Waals surface area contributed by atoms with Gasteiger partial charge in [0.2, 0.25) is 5.91 Å². The number of amides is 1. The quantitative estimate of drug-likeness (QED) is 0.796. The number of carbonyl (C=O) groups is 1. The van der Waals surface area contributed by atoms with Gasteiger partial charge < -0.3 is 24.6 Å². The van der Waals surface area contributed by atoms with E-state index in [1.165, 1.54) is 0 Å². The Labute approximate surface area is 138 Å². The minimum atomic E-state index is 0.0667. The Hall–Kier alpha value is -1.63. The summed E-state index contributed by atoms with van der Waals surface area (Å²) in [5.74, 6) is 0.872. The summed E-state index contributed by atoms with van der Waals surface area (Å²) in [5, 5.41) is 3.20. The molecule has 1 amide bonds. The van der Waals surface area contributed by atoms with Crippen LogP contribution < -0.4 is 10.1 Å². The van der Waals surface area contributed by atoms with E-state index in [-0.39, 0.29) is 12.0 Å². The van der Waals surface area contributed by atoms with Crippen LogP contribution in [-0.4, -0.2) is 75.8 Å². The van der Waals surface area contributed by atoms with Gasteiger partial charge in [0.1, 0.15) is 5.75 Å². The molecule has 0 aliphatic carbocycles. The normalized spacial score (nSPS) is 18.7. The third kappa shape index (κ3) is 5.82. The van der Waals surface area contributed by atoms with E-state index < -0.39 is 0 Å². The zero-order valence-corrected chi connectivity index (χ0v) is 14.2. The van der Waals surface area contributed by atoms with E-state index in [9.17, 15) is 4.79 Å². The van der Waals surface area contributed by atoms with Crippen molar-refractivity contribution in [1.29, 1.82) is 0 Å². The summed E-state index contributed by atoms with van der Waals surface area (Å²) < 4.78 is 10.9. The Balaban J connectivity index is 1.72. The van der Waals surface area contributed by atoms with Crippen LogP contribution in [0, 0.1) is 0 Å². The van der Waals surface area contributed by atoms with Crippen LogP contribution in [0.2, 0.25) is 0 Å². The van der Waals surface area contributed by atoms with Crippen molar-refractivity contribution in [1.82, 2.24) is 15.1 Å². The van der Waals surface area contributed by atoms with Gasteiger partial charge in [0.25, 0.3) is 0 Å². The molecule has 1 aromatic rings. The first kappa shape index (κ1) is 17.7. The average molecular weight is 321 g/mol. The van der Waals surface area contributed by atoms with Gasteiger partial charge in [-0.25, -0.2) is 0 Å². The molecule has 1 N–H and O–H groups in total. The maximum absolute atomic E-state index is 12.2. The van der Waals surface area contributed by atoms with Gasteiger partial charge in [-0.2, -0.15) is 0 Å². The molecule has 1 aromatic carbocycles. The van der Waals surface area contributed by atoms with Gasteiger partial charge in [-0.3, -0.25) is 4.79 Å². The standard InChI is InChI=1S/C17H27N3O3/c1-19-7-8-23-16(13-19)10-18-11-17(21)20(2)12-14-5-4-6-15(9-14)22-3/h4-6,9,16,18H,7-8,10-13H2,1-3H3/t16-/m1/s1. The largest absolute Gasteiger partial charge is 0.497 e. The summed E-state index contributed by atoms with van der Waals surface area (Å²) in [5.41, 5.74) is 1.05. The van der Waals surface area contributed by atoms with Gasteiger partial charge in [0, 0.05) is 33.2 Å². The SMILES string of the molecule is COc1cccc(CN(C)C(=O)CNC[C@@H]2CN(C)CCO2)c1. The molecule has 1 fully saturated rings. The molecule has 0 radical (unpaired) electrons. The van der Waals surface area contributed by atoms with E-state index in [4.69, 9.17) is 9.47 Å². The fourth-order valence-corrected chi connectivity index (χ4v) is 2.60. The third-order valence-corrected chi connectivity index (χ3v) is 3.97. The lowest BCUT2D eigenvalue weighted by atomic mass is 10.2. The number of likely N-dealkylation sites (N-methyl/N-ethyl adjacent to an activating group) is 2. The molecular weight excluding hydrogens is 294 g/mol. The summed E-state index contributed by atoms with van der Waals surface area (Å²) in [6, 6.07) is 7.77. The summed E-state index contributed by atoms with van der Waals surface area (Å²) in [6.45, 7) is 4.22. The van der Waals surface area contributed by atoms with Crippen LogP contribution in [-0.2, 0) is 16.1 Å². The molecule has 1 atom stereocenters. The Bertz CT molecular complexity index is 510. The number of hydrogen-bond acceptors (Lipinski definition) is 5. The molecule has 0 aromatic heterocycles. The highest BCUT2D eigenvalue weighted by molar-refractivity contribution is 5.77. The zero-order chi connectivity index (χ0) is 16.7. The van der Waals surface area contributed by atoms with Crippen molar-refractivity contribution in [3.63, 3.8) is 0 Å². The van der Waals surface area contributed by atoms with Crippen molar-refractivity contribution in [2.75, 3.05) is 54.0 Å². The fourth-order valence-electron chi connectivity index (χ4n) is 2.60. The summed E-state index contributed by atoms with van der Waals surface area (Å²) in [6.07, 6.45) is 0.158. The van der Waals surface area contributed by atoms with Crippen LogP contribution in [0.3, 0.4) is 0 Å². The molecule has 6 heteroatoms. The second-order valence-corrected chi connectivity index (χ2v) is 5.99. The van der Waals surface area contributed by atoms with Crippen LogP contribution in [0.4, 0.5) is 0 Å². The highest BCUT2D eigenvalue weighted by Gasteiger charge is 2.18. The van der Waals surface area contributed by atoms with Crippen molar-refractivity contribution < 1.29 is 14.3 Å². The first-order chi connectivity index (χ1) is 11.1. The number of nitrogens with zero attached hydrogens (tertiary/aromatic N) is 2. The van der Waals surface area contributed by atoms with Crippen molar-refractivity contribution >= 4 is 5.91 Å². The molecule has 23 heavy (non-hydrogen) atoms. The summed E-state index contributed by atoms with van der Waals surface area (Å²) >= 11 is 0.